The number of hydrogen-bond acceptors (Lipinski definition) is 6. The van der Waals surface area contributed by atoms with Crippen LogP contribution in [-0.2, 0) is 0 Å². The van der Waals surface area contributed by atoms with E-state index in [-0.39, 0.29) is 5.91 Å². The number of carbonyl (C=O) groups excluding carboxylic acids is 1. The van der Waals surface area contributed by atoms with Crippen LogP contribution in [0.15, 0.2) is 57.7 Å². The van der Waals surface area contributed by atoms with E-state index in [0.717, 1.165) is 17.5 Å². The van der Waals surface area contributed by atoms with Crippen molar-refractivity contribution in [3.8, 4) is 11.5 Å². The molecule has 1 N–H and O–H groups in total. The monoisotopic (exact) mass is 394 g/mol. The Balaban J connectivity index is 1.34. The lowest BCUT2D eigenvalue weighted by molar-refractivity contribution is 0.0793. The lowest BCUT2D eigenvalue weighted by Gasteiger charge is -2.21. The van der Waals surface area contributed by atoms with Crippen molar-refractivity contribution in [3.63, 3.8) is 0 Å². The number of rotatable bonds is 6. The number of fused-ring (bicyclic) bond motifs is 2. The van der Waals surface area contributed by atoms with Crippen LogP contribution in [0, 0.1) is 0 Å². The van der Waals surface area contributed by atoms with Gasteiger partial charge >= 0.3 is 5.63 Å². The van der Waals surface area contributed by atoms with Gasteiger partial charge in [-0.25, -0.2) is 4.79 Å². The van der Waals surface area contributed by atoms with Crippen LogP contribution in [0.25, 0.3) is 11.0 Å². The second-order valence-corrected chi connectivity index (χ2v) is 6.84. The minimum absolute atomic E-state index is 0.0761. The second kappa shape index (κ2) is 8.26. The minimum atomic E-state index is -0.392. The summed E-state index contributed by atoms with van der Waals surface area (Å²) in [6.07, 6.45) is 0.724. The number of hydrogen-bond donors (Lipinski definition) is 1. The lowest BCUT2D eigenvalue weighted by atomic mass is 10.1. The fourth-order valence-electron chi connectivity index (χ4n) is 3.30. The molecule has 4 rings (SSSR count). The molecule has 0 aliphatic carbocycles. The zero-order valence-corrected chi connectivity index (χ0v) is 16.1. The molecule has 0 saturated carbocycles. The molecule has 7 nitrogen and oxygen atoms in total. The molecule has 0 unspecified atom stereocenters. The molecule has 0 saturated heterocycles. The van der Waals surface area contributed by atoms with Crippen LogP contribution in [0.4, 0.5) is 5.69 Å². The Kier molecular flexibility index (Phi) is 5.37. The van der Waals surface area contributed by atoms with E-state index < -0.39 is 5.63 Å². The number of anilines is 1. The summed E-state index contributed by atoms with van der Waals surface area (Å²) < 4.78 is 16.2. The number of ether oxygens (including phenoxy) is 2. The number of amides is 1. The molecule has 29 heavy (non-hydrogen) atoms. The standard InChI is InChI=1S/C22H22N2O5/c1-24(22(26)15-7-8-19-20(13-15)28-12-11-27-19)10-4-9-23-17-14-21(25)29-18-6-3-2-5-16(17)18/h2-3,5-8,13-14,23H,4,9-12H2,1H3. The predicted octanol–water partition coefficient (Wildman–Crippen LogP) is 3.14. The van der Waals surface area contributed by atoms with Crippen molar-refractivity contribution in [2.75, 3.05) is 38.7 Å². The van der Waals surface area contributed by atoms with Crippen LogP contribution < -0.4 is 20.4 Å². The Morgan fingerprint density at radius 1 is 1.07 bits per heavy atom. The van der Waals surface area contributed by atoms with Crippen LogP contribution in [0.1, 0.15) is 16.8 Å². The average molecular weight is 394 g/mol. The number of carbonyl (C=O) groups is 1. The van der Waals surface area contributed by atoms with E-state index in [1.165, 1.54) is 6.07 Å². The van der Waals surface area contributed by atoms with E-state index in [2.05, 4.69) is 5.32 Å². The maximum absolute atomic E-state index is 12.7. The molecule has 7 heteroatoms. The topological polar surface area (TPSA) is 81.0 Å². The Hall–Kier alpha value is -3.48. The van der Waals surface area contributed by atoms with Gasteiger partial charge in [0.1, 0.15) is 18.8 Å². The molecule has 1 amide bonds. The molecule has 0 bridgehead atoms. The zero-order chi connectivity index (χ0) is 20.2. The van der Waals surface area contributed by atoms with E-state index in [9.17, 15) is 9.59 Å². The number of para-hydroxylation sites is 1. The third-order valence-electron chi connectivity index (χ3n) is 4.77. The molecule has 2 heterocycles. The second-order valence-electron chi connectivity index (χ2n) is 6.84. The molecule has 0 fully saturated rings. The molecule has 0 radical (unpaired) electrons. The molecule has 0 atom stereocenters. The van der Waals surface area contributed by atoms with Crippen molar-refractivity contribution < 1.29 is 18.7 Å². The van der Waals surface area contributed by atoms with E-state index in [4.69, 9.17) is 13.9 Å². The largest absolute Gasteiger partial charge is 0.486 e. The van der Waals surface area contributed by atoms with Gasteiger partial charge in [0.2, 0.25) is 0 Å². The Morgan fingerprint density at radius 2 is 1.86 bits per heavy atom. The fraction of sp³-hybridized carbons (Fsp3) is 0.273. The fourth-order valence-corrected chi connectivity index (χ4v) is 3.30. The molecule has 2 aromatic carbocycles. The van der Waals surface area contributed by atoms with E-state index in [1.54, 1.807) is 36.2 Å². The average Bonchev–Trinajstić information content (AvgIpc) is 2.75. The van der Waals surface area contributed by atoms with Crippen molar-refractivity contribution in [1.82, 2.24) is 4.90 Å². The molecule has 1 aliphatic rings. The van der Waals surface area contributed by atoms with Gasteiger partial charge in [-0.05, 0) is 36.8 Å². The minimum Gasteiger partial charge on any atom is -0.486 e. The van der Waals surface area contributed by atoms with Crippen molar-refractivity contribution in [1.29, 1.82) is 0 Å². The van der Waals surface area contributed by atoms with E-state index in [0.29, 0.717) is 48.9 Å². The third kappa shape index (κ3) is 4.18. The molecule has 0 spiro atoms. The first-order valence-corrected chi connectivity index (χ1v) is 9.54. The van der Waals surface area contributed by atoms with Gasteiger partial charge in [-0.2, -0.15) is 0 Å². The highest BCUT2D eigenvalue weighted by atomic mass is 16.6. The van der Waals surface area contributed by atoms with Crippen molar-refractivity contribution in [2.45, 2.75) is 6.42 Å². The zero-order valence-electron chi connectivity index (χ0n) is 16.1. The Labute approximate surface area is 167 Å². The van der Waals surface area contributed by atoms with Gasteiger partial charge in [0.25, 0.3) is 5.91 Å². The van der Waals surface area contributed by atoms with Gasteiger partial charge in [0, 0.05) is 37.2 Å². The predicted molar refractivity (Wildman–Crippen MR) is 110 cm³/mol. The molecular weight excluding hydrogens is 372 g/mol. The lowest BCUT2D eigenvalue weighted by Crippen LogP contribution is -2.29. The third-order valence-corrected chi connectivity index (χ3v) is 4.77. The van der Waals surface area contributed by atoms with Gasteiger partial charge in [0.15, 0.2) is 11.5 Å². The summed E-state index contributed by atoms with van der Waals surface area (Å²) in [6.45, 7) is 2.19. The normalized spacial score (nSPS) is 12.6. The van der Waals surface area contributed by atoms with Crippen LogP contribution >= 0.6 is 0 Å². The van der Waals surface area contributed by atoms with Crippen LogP contribution in [0.5, 0.6) is 11.5 Å². The number of benzene rings is 2. The summed E-state index contributed by atoms with van der Waals surface area (Å²) in [5.41, 5.74) is 1.46. The molecule has 150 valence electrons. The first-order chi connectivity index (χ1) is 14.1. The SMILES string of the molecule is CN(CCCNc1cc(=O)oc2ccccc12)C(=O)c1ccc2c(c1)OCCO2. The molecule has 1 aliphatic heterocycles. The van der Waals surface area contributed by atoms with Crippen molar-refractivity contribution in [3.05, 3.63) is 64.5 Å². The van der Waals surface area contributed by atoms with Crippen molar-refractivity contribution >= 4 is 22.6 Å². The summed E-state index contributed by atoms with van der Waals surface area (Å²) >= 11 is 0. The summed E-state index contributed by atoms with van der Waals surface area (Å²) in [6, 6.07) is 14.1. The van der Waals surface area contributed by atoms with Gasteiger partial charge in [-0.15, -0.1) is 0 Å². The number of nitrogens with zero attached hydrogens (tertiary/aromatic N) is 1. The smallest absolute Gasteiger partial charge is 0.338 e. The van der Waals surface area contributed by atoms with Gasteiger partial charge in [-0.1, -0.05) is 12.1 Å². The first kappa shape index (κ1) is 18.9. The number of nitrogens with one attached hydrogen (secondary N) is 1. The van der Waals surface area contributed by atoms with Crippen molar-refractivity contribution in [2.24, 2.45) is 0 Å². The van der Waals surface area contributed by atoms with Gasteiger partial charge < -0.3 is 24.1 Å². The maximum atomic E-state index is 12.7. The van der Waals surface area contributed by atoms with E-state index in [1.807, 2.05) is 18.2 Å². The van der Waals surface area contributed by atoms with Gasteiger partial charge in [-0.3, -0.25) is 4.79 Å². The summed E-state index contributed by atoms with van der Waals surface area (Å²) in [4.78, 5) is 26.1. The Morgan fingerprint density at radius 3 is 2.72 bits per heavy atom. The molecule has 1 aromatic heterocycles. The van der Waals surface area contributed by atoms with Crippen LogP contribution in [0.2, 0.25) is 0 Å². The molecular formula is C22H22N2O5. The van der Waals surface area contributed by atoms with E-state index >= 15 is 0 Å². The Bertz CT molecular complexity index is 1090. The quantitative estimate of drug-likeness (QED) is 0.511. The maximum Gasteiger partial charge on any atom is 0.338 e. The summed E-state index contributed by atoms with van der Waals surface area (Å²) in [7, 11) is 1.77. The van der Waals surface area contributed by atoms with Crippen LogP contribution in [0.3, 0.4) is 0 Å². The van der Waals surface area contributed by atoms with Crippen LogP contribution in [-0.4, -0.2) is 44.2 Å². The summed E-state index contributed by atoms with van der Waals surface area (Å²) in [5.74, 6) is 1.19. The summed E-state index contributed by atoms with van der Waals surface area (Å²) in [5, 5.41) is 4.12. The highest BCUT2D eigenvalue weighted by molar-refractivity contribution is 5.94. The highest BCUT2D eigenvalue weighted by Crippen LogP contribution is 2.31. The first-order valence-electron chi connectivity index (χ1n) is 9.54. The van der Waals surface area contributed by atoms with Gasteiger partial charge in [0.05, 0.1) is 5.69 Å². The molecule has 3 aromatic rings. The highest BCUT2D eigenvalue weighted by Gasteiger charge is 2.17.